The second kappa shape index (κ2) is 12.4. The van der Waals surface area contributed by atoms with E-state index in [-0.39, 0.29) is 33.1 Å². The van der Waals surface area contributed by atoms with Crippen LogP contribution in [0.3, 0.4) is 0 Å². The van der Waals surface area contributed by atoms with Crippen LogP contribution in [0.1, 0.15) is 38.8 Å². The standard InChI is InChI=1S/C29H33Cl2N3O4S/c1-20-11-9-12-22(17-20)18-33(21(2)28(36)32-29(3,4)5)26(35)19-34(25-16-10-15-24(30)27(25)31)39(37,38)23-13-7-6-8-14-23/h6-17,21H,18-19H2,1-5H3,(H,32,36). The van der Waals surface area contributed by atoms with E-state index in [1.807, 2.05) is 52.0 Å². The van der Waals surface area contributed by atoms with Crippen molar-refractivity contribution in [3.63, 3.8) is 0 Å². The van der Waals surface area contributed by atoms with Gasteiger partial charge in [-0.3, -0.25) is 13.9 Å². The molecule has 3 aromatic rings. The maximum Gasteiger partial charge on any atom is 0.264 e. The smallest absolute Gasteiger partial charge is 0.264 e. The first-order chi connectivity index (χ1) is 18.2. The number of hydrogen-bond acceptors (Lipinski definition) is 4. The Labute approximate surface area is 240 Å². The lowest BCUT2D eigenvalue weighted by molar-refractivity contribution is -0.140. The second-order valence-electron chi connectivity index (χ2n) is 10.3. The molecule has 0 aliphatic heterocycles. The molecular formula is C29H33Cl2N3O4S. The zero-order valence-electron chi connectivity index (χ0n) is 22.6. The molecule has 0 aromatic heterocycles. The molecule has 3 aromatic carbocycles. The monoisotopic (exact) mass is 589 g/mol. The van der Waals surface area contributed by atoms with Gasteiger partial charge in [-0.2, -0.15) is 0 Å². The average molecular weight is 591 g/mol. The molecule has 1 unspecified atom stereocenters. The maximum atomic E-state index is 14.0. The highest BCUT2D eigenvalue weighted by Gasteiger charge is 2.34. The van der Waals surface area contributed by atoms with Crippen molar-refractivity contribution in [3.8, 4) is 0 Å². The number of carbonyl (C=O) groups excluding carboxylic acids is 2. The van der Waals surface area contributed by atoms with E-state index in [4.69, 9.17) is 23.2 Å². The van der Waals surface area contributed by atoms with E-state index in [0.29, 0.717) is 0 Å². The molecule has 0 fully saturated rings. The van der Waals surface area contributed by atoms with Crippen LogP contribution >= 0.6 is 23.2 Å². The Kier molecular flexibility index (Phi) is 9.69. The third kappa shape index (κ3) is 7.75. The minimum Gasteiger partial charge on any atom is -0.350 e. The van der Waals surface area contributed by atoms with Crippen molar-refractivity contribution < 1.29 is 18.0 Å². The summed E-state index contributed by atoms with van der Waals surface area (Å²) in [7, 11) is -4.23. The highest BCUT2D eigenvalue weighted by Crippen LogP contribution is 2.35. The Morgan fingerprint density at radius 2 is 1.59 bits per heavy atom. The first-order valence-corrected chi connectivity index (χ1v) is 14.6. The number of nitrogens with zero attached hydrogens (tertiary/aromatic N) is 2. The van der Waals surface area contributed by atoms with Gasteiger partial charge in [-0.05, 0) is 64.4 Å². The number of aryl methyl sites for hydroxylation is 1. The third-order valence-corrected chi connectivity index (χ3v) is 8.49. The Balaban J connectivity index is 2.07. The van der Waals surface area contributed by atoms with Crippen molar-refractivity contribution in [1.82, 2.24) is 10.2 Å². The number of halogens is 2. The van der Waals surface area contributed by atoms with E-state index in [1.165, 1.54) is 29.2 Å². The Bertz CT molecular complexity index is 1440. The molecule has 10 heteroatoms. The van der Waals surface area contributed by atoms with Crippen molar-refractivity contribution in [2.75, 3.05) is 10.8 Å². The van der Waals surface area contributed by atoms with Crippen molar-refractivity contribution in [2.45, 2.75) is 57.6 Å². The molecule has 208 valence electrons. The highest BCUT2D eigenvalue weighted by atomic mass is 35.5. The number of nitrogens with one attached hydrogen (secondary N) is 1. The van der Waals surface area contributed by atoms with Gasteiger partial charge in [0.05, 0.1) is 20.6 Å². The molecule has 1 atom stereocenters. The van der Waals surface area contributed by atoms with Gasteiger partial charge in [0.25, 0.3) is 10.0 Å². The molecule has 0 bridgehead atoms. The van der Waals surface area contributed by atoms with Gasteiger partial charge in [0.2, 0.25) is 11.8 Å². The van der Waals surface area contributed by atoms with Crippen molar-refractivity contribution >= 4 is 50.7 Å². The van der Waals surface area contributed by atoms with E-state index in [2.05, 4.69) is 5.32 Å². The first kappa shape index (κ1) is 30.5. The molecule has 3 rings (SSSR count). The van der Waals surface area contributed by atoms with Crippen LogP contribution in [-0.4, -0.2) is 43.3 Å². The van der Waals surface area contributed by atoms with E-state index in [9.17, 15) is 18.0 Å². The maximum absolute atomic E-state index is 14.0. The number of anilines is 1. The number of benzene rings is 3. The van der Waals surface area contributed by atoms with Crippen LogP contribution in [0.2, 0.25) is 10.0 Å². The minimum atomic E-state index is -4.23. The van der Waals surface area contributed by atoms with Gasteiger partial charge < -0.3 is 10.2 Å². The molecule has 0 aliphatic carbocycles. The van der Waals surface area contributed by atoms with Crippen LogP contribution in [0.4, 0.5) is 5.69 Å². The predicted octanol–water partition coefficient (Wildman–Crippen LogP) is 5.83. The summed E-state index contributed by atoms with van der Waals surface area (Å²) in [6.45, 7) is 8.59. The lowest BCUT2D eigenvalue weighted by atomic mass is 10.1. The van der Waals surface area contributed by atoms with Crippen LogP contribution in [0.5, 0.6) is 0 Å². The van der Waals surface area contributed by atoms with Crippen LogP contribution < -0.4 is 9.62 Å². The summed E-state index contributed by atoms with van der Waals surface area (Å²) in [5.41, 5.74) is 1.33. The zero-order chi connectivity index (χ0) is 29.0. The first-order valence-electron chi connectivity index (χ1n) is 12.4. The molecule has 0 heterocycles. The second-order valence-corrected chi connectivity index (χ2v) is 13.0. The normalized spacial score (nSPS) is 12.5. The number of amides is 2. The topological polar surface area (TPSA) is 86.8 Å². The van der Waals surface area contributed by atoms with E-state index in [0.717, 1.165) is 15.4 Å². The summed E-state index contributed by atoms with van der Waals surface area (Å²) in [5, 5.41) is 3.04. The fourth-order valence-corrected chi connectivity index (χ4v) is 5.88. The molecule has 0 saturated heterocycles. The van der Waals surface area contributed by atoms with Crippen LogP contribution in [-0.2, 0) is 26.2 Å². The van der Waals surface area contributed by atoms with E-state index >= 15 is 0 Å². The molecule has 0 radical (unpaired) electrons. The summed E-state index contributed by atoms with van der Waals surface area (Å²) in [4.78, 5) is 28.5. The zero-order valence-corrected chi connectivity index (χ0v) is 24.9. The molecule has 0 saturated carbocycles. The van der Waals surface area contributed by atoms with Gasteiger partial charge in [-0.25, -0.2) is 8.42 Å². The lowest BCUT2D eigenvalue weighted by Crippen LogP contribution is -2.54. The third-order valence-electron chi connectivity index (χ3n) is 5.91. The average Bonchev–Trinajstić information content (AvgIpc) is 2.86. The molecule has 39 heavy (non-hydrogen) atoms. The van der Waals surface area contributed by atoms with Gasteiger partial charge in [-0.1, -0.05) is 77.3 Å². The largest absolute Gasteiger partial charge is 0.350 e. The fourth-order valence-electron chi connectivity index (χ4n) is 3.98. The Hall–Kier alpha value is -3.07. The van der Waals surface area contributed by atoms with Crippen LogP contribution in [0.15, 0.2) is 77.7 Å². The van der Waals surface area contributed by atoms with Gasteiger partial charge >= 0.3 is 0 Å². The van der Waals surface area contributed by atoms with Crippen molar-refractivity contribution in [2.24, 2.45) is 0 Å². The summed E-state index contributed by atoms with van der Waals surface area (Å²) in [6, 6.07) is 19.0. The van der Waals surface area contributed by atoms with Crippen LogP contribution in [0.25, 0.3) is 0 Å². The number of rotatable bonds is 9. The molecule has 7 nitrogen and oxygen atoms in total. The number of carbonyl (C=O) groups is 2. The van der Waals surface area contributed by atoms with Crippen LogP contribution in [0, 0.1) is 6.92 Å². The minimum absolute atomic E-state index is 0.00442. The molecule has 2 amide bonds. The summed E-state index contributed by atoms with van der Waals surface area (Å²) in [6.07, 6.45) is 0. The van der Waals surface area contributed by atoms with E-state index in [1.54, 1.807) is 31.2 Å². The Morgan fingerprint density at radius 1 is 0.949 bits per heavy atom. The summed E-state index contributed by atoms with van der Waals surface area (Å²) >= 11 is 12.7. The summed E-state index contributed by atoms with van der Waals surface area (Å²) in [5.74, 6) is -0.939. The highest BCUT2D eigenvalue weighted by molar-refractivity contribution is 7.92. The van der Waals surface area contributed by atoms with Gasteiger partial charge in [0.1, 0.15) is 12.6 Å². The SMILES string of the molecule is Cc1cccc(CN(C(=O)CN(c2cccc(Cl)c2Cl)S(=O)(=O)c2ccccc2)C(C)C(=O)NC(C)(C)C)c1. The fraction of sp³-hybridized carbons (Fsp3) is 0.310. The molecule has 0 aliphatic rings. The quantitative estimate of drug-likeness (QED) is 0.340. The molecular weight excluding hydrogens is 557 g/mol. The van der Waals surface area contributed by atoms with E-state index < -0.39 is 34.1 Å². The Morgan fingerprint density at radius 3 is 2.21 bits per heavy atom. The van der Waals surface area contributed by atoms with Crippen molar-refractivity contribution in [3.05, 3.63) is 94.0 Å². The number of hydrogen-bond donors (Lipinski definition) is 1. The summed E-state index contributed by atoms with van der Waals surface area (Å²) < 4.78 is 28.6. The number of sulfonamides is 1. The molecule has 0 spiro atoms. The van der Waals surface area contributed by atoms with Gasteiger partial charge in [-0.15, -0.1) is 0 Å². The molecule has 1 N–H and O–H groups in total. The van der Waals surface area contributed by atoms with Gasteiger partial charge in [0, 0.05) is 12.1 Å². The van der Waals surface area contributed by atoms with Crippen molar-refractivity contribution in [1.29, 1.82) is 0 Å². The van der Waals surface area contributed by atoms with Gasteiger partial charge in [0.15, 0.2) is 0 Å². The predicted molar refractivity (Wildman–Crippen MR) is 157 cm³/mol. The lowest BCUT2D eigenvalue weighted by Gasteiger charge is -2.33.